The molecule has 26 heavy (non-hydrogen) atoms. The monoisotopic (exact) mass is 359 g/mol. The Hall–Kier alpha value is -1.95. The maximum absolute atomic E-state index is 14.8. The van der Waals surface area contributed by atoms with E-state index in [1.165, 1.54) is 18.9 Å². The summed E-state index contributed by atoms with van der Waals surface area (Å²) in [6.07, 6.45) is 4.32. The van der Waals surface area contributed by atoms with Crippen LogP contribution < -0.4 is 15.5 Å². The van der Waals surface area contributed by atoms with Crippen LogP contribution in [0.3, 0.4) is 0 Å². The van der Waals surface area contributed by atoms with E-state index >= 15 is 0 Å². The highest BCUT2D eigenvalue weighted by atomic mass is 19.1. The van der Waals surface area contributed by atoms with Crippen molar-refractivity contribution in [1.29, 1.82) is 0 Å². The van der Waals surface area contributed by atoms with E-state index in [-0.39, 0.29) is 17.6 Å². The van der Waals surface area contributed by atoms with Gasteiger partial charge in [-0.2, -0.15) is 0 Å². The predicted molar refractivity (Wildman–Crippen MR) is 97.4 cm³/mol. The number of amides is 2. The molecule has 3 fully saturated rings. The molecule has 3 aliphatic heterocycles. The zero-order valence-corrected chi connectivity index (χ0v) is 15.0. The number of rotatable bonds is 3. The number of halogens is 1. The molecule has 4 rings (SSSR count). The van der Waals surface area contributed by atoms with Gasteiger partial charge in [-0.1, -0.05) is 6.07 Å². The average Bonchev–Trinajstić information content (AvgIpc) is 3.12. The second-order valence-corrected chi connectivity index (χ2v) is 7.80. The molecule has 0 spiro atoms. The minimum Gasteiger partial charge on any atom is -0.369 e. The summed E-state index contributed by atoms with van der Waals surface area (Å²) < 4.78 is 14.8. The third-order valence-corrected chi connectivity index (χ3v) is 6.23. The molecule has 3 aliphatic rings. The molecule has 0 radical (unpaired) electrons. The van der Waals surface area contributed by atoms with Crippen molar-refractivity contribution in [1.82, 2.24) is 10.6 Å². The van der Waals surface area contributed by atoms with Crippen LogP contribution in [0.2, 0.25) is 0 Å². The Balaban J connectivity index is 1.45. The summed E-state index contributed by atoms with van der Waals surface area (Å²) in [4.78, 5) is 25.4. The standard InChI is InChI=1S/C20H26FN3O2/c21-17-11-14(16-2-4-19(25)23-20(16)26)1-3-18(17)24-10-7-15(12-24)13-5-8-22-9-6-13/h1,3,11,13,15-16,22H,2,4-10,12H2,(H,23,25,26). The van der Waals surface area contributed by atoms with E-state index < -0.39 is 5.92 Å². The van der Waals surface area contributed by atoms with E-state index in [1.807, 2.05) is 6.07 Å². The quantitative estimate of drug-likeness (QED) is 0.812. The van der Waals surface area contributed by atoms with Crippen molar-refractivity contribution in [2.75, 3.05) is 31.1 Å². The average molecular weight is 359 g/mol. The molecule has 1 aromatic carbocycles. The SMILES string of the molecule is O=C1CCC(c2ccc(N3CCC(C4CCNCC4)C3)c(F)c2)C(=O)N1. The number of benzene rings is 1. The largest absolute Gasteiger partial charge is 0.369 e. The highest BCUT2D eigenvalue weighted by Crippen LogP contribution is 2.35. The zero-order chi connectivity index (χ0) is 18.1. The third-order valence-electron chi connectivity index (χ3n) is 6.23. The topological polar surface area (TPSA) is 61.4 Å². The molecule has 3 heterocycles. The second kappa shape index (κ2) is 7.35. The molecular formula is C20H26FN3O2. The predicted octanol–water partition coefficient (Wildman–Crippen LogP) is 2.17. The first-order chi connectivity index (χ1) is 12.6. The van der Waals surface area contributed by atoms with Crippen LogP contribution in [0, 0.1) is 17.7 Å². The van der Waals surface area contributed by atoms with E-state index in [1.54, 1.807) is 6.07 Å². The van der Waals surface area contributed by atoms with Gasteiger partial charge in [-0.05, 0) is 68.3 Å². The van der Waals surface area contributed by atoms with E-state index in [0.29, 0.717) is 30.0 Å². The first-order valence-electron chi connectivity index (χ1n) is 9.70. The summed E-state index contributed by atoms with van der Waals surface area (Å²) in [6.45, 7) is 4.00. The maximum atomic E-state index is 14.8. The van der Waals surface area contributed by atoms with Gasteiger partial charge in [-0.15, -0.1) is 0 Å². The molecule has 0 saturated carbocycles. The molecule has 3 saturated heterocycles. The summed E-state index contributed by atoms with van der Waals surface area (Å²) in [6, 6.07) is 5.13. The molecule has 2 unspecified atom stereocenters. The van der Waals surface area contributed by atoms with Gasteiger partial charge in [-0.25, -0.2) is 4.39 Å². The molecule has 2 atom stereocenters. The highest BCUT2D eigenvalue weighted by Gasteiger charge is 2.32. The molecule has 5 nitrogen and oxygen atoms in total. The number of nitrogens with one attached hydrogen (secondary N) is 2. The van der Waals surface area contributed by atoms with Crippen LogP contribution in [0.25, 0.3) is 0 Å². The van der Waals surface area contributed by atoms with Crippen molar-refractivity contribution in [2.24, 2.45) is 11.8 Å². The summed E-state index contributed by atoms with van der Waals surface area (Å²) >= 11 is 0. The van der Waals surface area contributed by atoms with Gasteiger partial charge in [0.05, 0.1) is 11.6 Å². The molecule has 1 aromatic rings. The van der Waals surface area contributed by atoms with Crippen LogP contribution in [0.4, 0.5) is 10.1 Å². The third kappa shape index (κ3) is 3.47. The fourth-order valence-electron chi connectivity index (χ4n) is 4.71. The maximum Gasteiger partial charge on any atom is 0.234 e. The number of anilines is 1. The smallest absolute Gasteiger partial charge is 0.234 e. The Bertz CT molecular complexity index is 702. The number of hydrogen-bond donors (Lipinski definition) is 2. The van der Waals surface area contributed by atoms with Crippen LogP contribution in [0.1, 0.15) is 43.6 Å². The van der Waals surface area contributed by atoms with Gasteiger partial charge in [0, 0.05) is 19.5 Å². The number of imide groups is 1. The number of carbonyl (C=O) groups excluding carboxylic acids is 2. The van der Waals surface area contributed by atoms with Crippen LogP contribution >= 0.6 is 0 Å². The number of piperidine rings is 2. The van der Waals surface area contributed by atoms with Crippen LogP contribution in [0.5, 0.6) is 0 Å². The summed E-state index contributed by atoms with van der Waals surface area (Å²) in [5, 5.41) is 5.75. The Morgan fingerprint density at radius 1 is 1.04 bits per heavy atom. The van der Waals surface area contributed by atoms with Crippen LogP contribution in [-0.4, -0.2) is 38.0 Å². The van der Waals surface area contributed by atoms with Gasteiger partial charge in [0.15, 0.2) is 0 Å². The fraction of sp³-hybridized carbons (Fsp3) is 0.600. The highest BCUT2D eigenvalue weighted by molar-refractivity contribution is 6.00. The molecule has 6 heteroatoms. The zero-order valence-electron chi connectivity index (χ0n) is 15.0. The number of hydrogen-bond acceptors (Lipinski definition) is 4. The number of carbonyl (C=O) groups is 2. The molecule has 0 bridgehead atoms. The molecule has 2 amide bonds. The van der Waals surface area contributed by atoms with Gasteiger partial charge in [0.2, 0.25) is 11.8 Å². The lowest BCUT2D eigenvalue weighted by Gasteiger charge is -2.28. The summed E-state index contributed by atoms with van der Waals surface area (Å²) in [5.74, 6) is 0.124. The van der Waals surface area contributed by atoms with Crippen molar-refractivity contribution < 1.29 is 14.0 Å². The van der Waals surface area contributed by atoms with Crippen molar-refractivity contribution in [3.05, 3.63) is 29.6 Å². The molecule has 0 aromatic heterocycles. The summed E-state index contributed by atoms with van der Waals surface area (Å²) in [5.41, 5.74) is 1.29. The van der Waals surface area contributed by atoms with Gasteiger partial charge < -0.3 is 10.2 Å². The Morgan fingerprint density at radius 3 is 2.58 bits per heavy atom. The Kier molecular flexibility index (Phi) is 4.94. The molecular weight excluding hydrogens is 333 g/mol. The fourth-order valence-corrected chi connectivity index (χ4v) is 4.71. The van der Waals surface area contributed by atoms with Crippen LogP contribution in [-0.2, 0) is 9.59 Å². The first-order valence-corrected chi connectivity index (χ1v) is 9.70. The normalized spacial score (nSPS) is 27.7. The van der Waals surface area contributed by atoms with Crippen molar-refractivity contribution in [2.45, 2.75) is 38.0 Å². The van der Waals surface area contributed by atoms with Crippen LogP contribution in [0.15, 0.2) is 18.2 Å². The van der Waals surface area contributed by atoms with Gasteiger partial charge in [-0.3, -0.25) is 14.9 Å². The Morgan fingerprint density at radius 2 is 1.85 bits per heavy atom. The van der Waals surface area contributed by atoms with E-state index in [2.05, 4.69) is 15.5 Å². The lowest BCUT2D eigenvalue weighted by atomic mass is 9.84. The van der Waals surface area contributed by atoms with Crippen molar-refractivity contribution in [3.8, 4) is 0 Å². The van der Waals surface area contributed by atoms with E-state index in [9.17, 15) is 14.0 Å². The van der Waals surface area contributed by atoms with Crippen molar-refractivity contribution in [3.63, 3.8) is 0 Å². The minimum atomic E-state index is -0.433. The second-order valence-electron chi connectivity index (χ2n) is 7.80. The summed E-state index contributed by atoms with van der Waals surface area (Å²) in [7, 11) is 0. The van der Waals surface area contributed by atoms with E-state index in [4.69, 9.17) is 0 Å². The lowest BCUT2D eigenvalue weighted by Crippen LogP contribution is -2.39. The van der Waals surface area contributed by atoms with Gasteiger partial charge in [0.1, 0.15) is 5.82 Å². The van der Waals surface area contributed by atoms with E-state index in [0.717, 1.165) is 38.5 Å². The van der Waals surface area contributed by atoms with Gasteiger partial charge in [0.25, 0.3) is 0 Å². The lowest BCUT2D eigenvalue weighted by molar-refractivity contribution is -0.134. The number of nitrogens with zero attached hydrogens (tertiary/aromatic N) is 1. The Labute approximate surface area is 153 Å². The minimum absolute atomic E-state index is 0.246. The first kappa shape index (κ1) is 17.5. The van der Waals surface area contributed by atoms with Crippen molar-refractivity contribution >= 4 is 17.5 Å². The molecule has 140 valence electrons. The van der Waals surface area contributed by atoms with Gasteiger partial charge >= 0.3 is 0 Å². The molecule has 2 N–H and O–H groups in total. The molecule has 0 aliphatic carbocycles.